The maximum Gasteiger partial charge on any atom is 0.0787 e. The zero-order valence-corrected chi connectivity index (χ0v) is 12.9. The van der Waals surface area contributed by atoms with Crippen molar-refractivity contribution in [1.82, 2.24) is 0 Å². The highest BCUT2D eigenvalue weighted by atomic mass is 16.5. The molecule has 1 heteroatoms. The van der Waals surface area contributed by atoms with Crippen LogP contribution in [0, 0.1) is 23.7 Å². The van der Waals surface area contributed by atoms with E-state index < -0.39 is 0 Å². The van der Waals surface area contributed by atoms with Gasteiger partial charge in [0.2, 0.25) is 0 Å². The second-order valence-electron chi connectivity index (χ2n) is 6.81. The molecule has 0 atom stereocenters. The SMILES string of the molecule is CCCC1CCC(C2CCC(/C=C/OC)CC2)CC1. The Bertz CT molecular complexity index is 255. The molecule has 2 aliphatic rings. The number of methoxy groups -OCH3 is 1. The lowest BCUT2D eigenvalue weighted by Gasteiger charge is -2.37. The van der Waals surface area contributed by atoms with Crippen LogP contribution in [0.4, 0.5) is 0 Å². The number of ether oxygens (including phenoxy) is 1. The first-order valence-corrected chi connectivity index (χ1v) is 8.53. The molecule has 1 nitrogen and oxygen atoms in total. The molecule has 0 spiro atoms. The highest BCUT2D eigenvalue weighted by molar-refractivity contribution is 4.89. The van der Waals surface area contributed by atoms with Crippen LogP contribution in [-0.2, 0) is 4.74 Å². The Morgan fingerprint density at radius 1 is 0.895 bits per heavy atom. The molecule has 0 amide bonds. The third-order valence-electron chi connectivity index (χ3n) is 5.56. The fourth-order valence-corrected chi connectivity index (χ4v) is 4.36. The molecule has 0 N–H and O–H groups in total. The maximum absolute atomic E-state index is 5.04. The van der Waals surface area contributed by atoms with E-state index in [-0.39, 0.29) is 0 Å². The summed E-state index contributed by atoms with van der Waals surface area (Å²) < 4.78 is 5.04. The van der Waals surface area contributed by atoms with E-state index in [1.54, 1.807) is 7.11 Å². The predicted molar refractivity (Wildman–Crippen MR) is 82.0 cm³/mol. The smallest absolute Gasteiger partial charge is 0.0787 e. The molecule has 0 saturated heterocycles. The highest BCUT2D eigenvalue weighted by Gasteiger charge is 2.29. The molecule has 0 aromatic heterocycles. The number of hydrogen-bond donors (Lipinski definition) is 0. The Labute approximate surface area is 119 Å². The van der Waals surface area contributed by atoms with Crippen LogP contribution in [0.5, 0.6) is 0 Å². The summed E-state index contributed by atoms with van der Waals surface area (Å²) in [5.74, 6) is 3.94. The minimum Gasteiger partial charge on any atom is -0.505 e. The molecule has 0 aromatic carbocycles. The summed E-state index contributed by atoms with van der Waals surface area (Å²) in [7, 11) is 1.75. The van der Waals surface area contributed by atoms with Gasteiger partial charge in [0.1, 0.15) is 0 Å². The lowest BCUT2D eigenvalue weighted by molar-refractivity contribution is 0.151. The van der Waals surface area contributed by atoms with Crippen molar-refractivity contribution in [2.75, 3.05) is 7.11 Å². The molecule has 0 bridgehead atoms. The van der Waals surface area contributed by atoms with Gasteiger partial charge in [-0.1, -0.05) is 32.6 Å². The van der Waals surface area contributed by atoms with E-state index in [4.69, 9.17) is 4.74 Å². The molecule has 19 heavy (non-hydrogen) atoms. The van der Waals surface area contributed by atoms with Crippen molar-refractivity contribution in [3.05, 3.63) is 12.3 Å². The maximum atomic E-state index is 5.04. The van der Waals surface area contributed by atoms with Crippen LogP contribution in [0.25, 0.3) is 0 Å². The molecule has 2 aliphatic carbocycles. The van der Waals surface area contributed by atoms with E-state index >= 15 is 0 Å². The third-order valence-corrected chi connectivity index (χ3v) is 5.56. The molecular weight excluding hydrogens is 232 g/mol. The van der Waals surface area contributed by atoms with Crippen molar-refractivity contribution >= 4 is 0 Å². The van der Waals surface area contributed by atoms with Gasteiger partial charge in [0.15, 0.2) is 0 Å². The lowest BCUT2D eigenvalue weighted by atomic mass is 9.69. The molecule has 0 heterocycles. The van der Waals surface area contributed by atoms with Crippen molar-refractivity contribution in [3.63, 3.8) is 0 Å². The largest absolute Gasteiger partial charge is 0.505 e. The second kappa shape index (κ2) is 7.97. The van der Waals surface area contributed by atoms with Crippen molar-refractivity contribution in [1.29, 1.82) is 0 Å². The average Bonchev–Trinajstić information content (AvgIpc) is 2.47. The summed E-state index contributed by atoms with van der Waals surface area (Å²) in [6, 6.07) is 0. The standard InChI is InChI=1S/C18H32O/c1-3-4-15-5-9-17(10-6-15)18-11-7-16(8-12-18)13-14-19-2/h13-18H,3-12H2,1-2H3/b14-13+. The van der Waals surface area contributed by atoms with Crippen molar-refractivity contribution in [2.24, 2.45) is 23.7 Å². The quantitative estimate of drug-likeness (QED) is 0.591. The average molecular weight is 264 g/mol. The zero-order chi connectivity index (χ0) is 13.5. The van der Waals surface area contributed by atoms with Gasteiger partial charge < -0.3 is 4.74 Å². The molecule has 0 aliphatic heterocycles. The fourth-order valence-electron chi connectivity index (χ4n) is 4.36. The number of hydrogen-bond acceptors (Lipinski definition) is 1. The van der Waals surface area contributed by atoms with Crippen LogP contribution in [0.3, 0.4) is 0 Å². The second-order valence-corrected chi connectivity index (χ2v) is 6.81. The Morgan fingerprint density at radius 3 is 2.00 bits per heavy atom. The highest BCUT2D eigenvalue weighted by Crippen LogP contribution is 2.42. The Morgan fingerprint density at radius 2 is 1.47 bits per heavy atom. The Kier molecular flexibility index (Phi) is 6.26. The summed E-state index contributed by atoms with van der Waals surface area (Å²) in [4.78, 5) is 0. The monoisotopic (exact) mass is 264 g/mol. The molecule has 0 unspecified atom stereocenters. The van der Waals surface area contributed by atoms with Gasteiger partial charge in [-0.25, -0.2) is 0 Å². The van der Waals surface area contributed by atoms with Crippen LogP contribution in [-0.4, -0.2) is 7.11 Å². The first kappa shape index (κ1) is 14.9. The normalized spacial score (nSPS) is 36.5. The molecule has 2 fully saturated rings. The lowest BCUT2D eigenvalue weighted by Crippen LogP contribution is -2.25. The summed E-state index contributed by atoms with van der Waals surface area (Å²) in [6.07, 6.45) is 18.8. The number of allylic oxidation sites excluding steroid dienone is 1. The molecule has 2 rings (SSSR count). The summed E-state index contributed by atoms with van der Waals surface area (Å²) in [5.41, 5.74) is 0. The van der Waals surface area contributed by atoms with Crippen LogP contribution >= 0.6 is 0 Å². The minimum absolute atomic E-state index is 0.785. The predicted octanol–water partition coefficient (Wildman–Crippen LogP) is 5.56. The topological polar surface area (TPSA) is 9.23 Å². The van der Waals surface area contributed by atoms with E-state index in [2.05, 4.69) is 13.0 Å². The van der Waals surface area contributed by atoms with Crippen molar-refractivity contribution in [3.8, 4) is 0 Å². The van der Waals surface area contributed by atoms with Gasteiger partial charge in [-0.3, -0.25) is 0 Å². The zero-order valence-electron chi connectivity index (χ0n) is 12.9. The van der Waals surface area contributed by atoms with E-state index in [1.807, 2.05) is 6.26 Å². The fraction of sp³-hybridized carbons (Fsp3) is 0.889. The van der Waals surface area contributed by atoms with E-state index in [0.717, 1.165) is 23.7 Å². The molecular formula is C18H32O. The molecule has 0 radical (unpaired) electrons. The van der Waals surface area contributed by atoms with Gasteiger partial charge in [-0.05, 0) is 68.3 Å². The number of rotatable bonds is 5. The molecule has 110 valence electrons. The summed E-state index contributed by atoms with van der Waals surface area (Å²) in [6.45, 7) is 2.33. The van der Waals surface area contributed by atoms with Gasteiger partial charge in [0.25, 0.3) is 0 Å². The third kappa shape index (κ3) is 4.54. The van der Waals surface area contributed by atoms with E-state index in [1.165, 1.54) is 64.2 Å². The van der Waals surface area contributed by atoms with Crippen molar-refractivity contribution < 1.29 is 4.74 Å². The van der Waals surface area contributed by atoms with Crippen LogP contribution < -0.4 is 0 Å². The van der Waals surface area contributed by atoms with Crippen LogP contribution in [0.1, 0.15) is 71.1 Å². The van der Waals surface area contributed by atoms with Gasteiger partial charge in [-0.15, -0.1) is 0 Å². The van der Waals surface area contributed by atoms with Crippen LogP contribution in [0.2, 0.25) is 0 Å². The van der Waals surface area contributed by atoms with Crippen molar-refractivity contribution in [2.45, 2.75) is 71.1 Å². The summed E-state index contributed by atoms with van der Waals surface area (Å²) >= 11 is 0. The van der Waals surface area contributed by atoms with Gasteiger partial charge in [0.05, 0.1) is 13.4 Å². The molecule has 2 saturated carbocycles. The first-order chi connectivity index (χ1) is 9.33. The first-order valence-electron chi connectivity index (χ1n) is 8.53. The minimum atomic E-state index is 0.785. The summed E-state index contributed by atoms with van der Waals surface area (Å²) in [5, 5.41) is 0. The Hall–Kier alpha value is -0.460. The van der Waals surface area contributed by atoms with E-state index in [0.29, 0.717) is 0 Å². The molecule has 0 aromatic rings. The van der Waals surface area contributed by atoms with Gasteiger partial charge in [-0.2, -0.15) is 0 Å². The van der Waals surface area contributed by atoms with Gasteiger partial charge in [0, 0.05) is 0 Å². The van der Waals surface area contributed by atoms with Crippen LogP contribution in [0.15, 0.2) is 12.3 Å². The van der Waals surface area contributed by atoms with E-state index in [9.17, 15) is 0 Å². The van der Waals surface area contributed by atoms with Gasteiger partial charge >= 0.3 is 0 Å². The Balaban J connectivity index is 1.69.